The quantitative estimate of drug-likeness (QED) is 0.180. The molecule has 1 aliphatic carbocycles. The molecule has 2 aliphatic rings. The van der Waals surface area contributed by atoms with Gasteiger partial charge in [0, 0.05) is 30.6 Å². The molecule has 216 valence electrons. The number of hydrogen-bond acceptors (Lipinski definition) is 3. The van der Waals surface area contributed by atoms with E-state index in [0.717, 1.165) is 50.4 Å². The molecule has 1 N–H and O–H groups in total. The highest BCUT2D eigenvalue weighted by atomic mass is 19.4. The van der Waals surface area contributed by atoms with Crippen LogP contribution in [0.2, 0.25) is 0 Å². The van der Waals surface area contributed by atoms with E-state index < -0.39 is 29.8 Å². The minimum atomic E-state index is -4.81. The Hall–Kier alpha value is -3.13. The van der Waals surface area contributed by atoms with E-state index in [9.17, 15) is 22.8 Å². The van der Waals surface area contributed by atoms with Crippen molar-refractivity contribution >= 4 is 18.0 Å². The number of fused-ring (bicyclic) bond motifs is 1. The van der Waals surface area contributed by atoms with Gasteiger partial charge in [-0.2, -0.15) is 13.2 Å². The van der Waals surface area contributed by atoms with Gasteiger partial charge in [0.15, 0.2) is 6.17 Å². The first-order chi connectivity index (χ1) is 18.8. The number of rotatable bonds is 7. The number of quaternary nitrogens is 1. The number of alkyl halides is 3. The van der Waals surface area contributed by atoms with Gasteiger partial charge in [-0.3, -0.25) is 9.59 Å². The molecule has 4 atom stereocenters. The predicted molar refractivity (Wildman–Crippen MR) is 149 cm³/mol. The molecule has 2 aromatic carbocycles. The summed E-state index contributed by atoms with van der Waals surface area (Å²) >= 11 is 0. The molecule has 5 nitrogen and oxygen atoms in total. The van der Waals surface area contributed by atoms with Crippen LogP contribution in [0.4, 0.5) is 13.2 Å². The Labute approximate surface area is 235 Å². The first-order valence-electron chi connectivity index (χ1n) is 14.1. The lowest BCUT2D eigenvalue weighted by atomic mass is 9.58. The minimum absolute atomic E-state index is 0.285. The second-order valence-electron chi connectivity index (χ2n) is 12.1. The Kier molecular flexibility index (Phi) is 8.78. The molecule has 4 rings (SSSR count). The zero-order valence-electron chi connectivity index (χ0n) is 23.8. The van der Waals surface area contributed by atoms with Crippen LogP contribution in [0.15, 0.2) is 60.2 Å². The third kappa shape index (κ3) is 6.60. The van der Waals surface area contributed by atoms with E-state index in [-0.39, 0.29) is 17.3 Å². The van der Waals surface area contributed by atoms with Crippen molar-refractivity contribution in [3.63, 3.8) is 0 Å². The summed E-state index contributed by atoms with van der Waals surface area (Å²) in [6.07, 6.45) is 0.0480. The number of nitrogens with one attached hydrogen (secondary N) is 1. The van der Waals surface area contributed by atoms with Gasteiger partial charge < -0.3 is 14.5 Å². The Morgan fingerprint density at radius 3 is 2.50 bits per heavy atom. The summed E-state index contributed by atoms with van der Waals surface area (Å²) < 4.78 is 48.4. The number of ether oxygens (including phenoxy) is 1. The largest absolute Gasteiger partial charge is 0.427 e. The monoisotopic (exact) mass is 557 g/mol. The molecule has 2 fully saturated rings. The van der Waals surface area contributed by atoms with Gasteiger partial charge in [-0.05, 0) is 42.2 Å². The molecule has 1 saturated heterocycles. The second-order valence-corrected chi connectivity index (χ2v) is 12.1. The average Bonchev–Trinajstić information content (AvgIpc) is 2.87. The van der Waals surface area contributed by atoms with Gasteiger partial charge in [-0.25, -0.2) is 0 Å². The van der Waals surface area contributed by atoms with Gasteiger partial charge >= 0.3 is 12.1 Å². The fraction of sp³-hybridized carbons (Fsp3) is 0.500. The number of benzene rings is 2. The fourth-order valence-corrected chi connectivity index (χ4v) is 7.04. The normalized spacial score (nSPS) is 27.1. The fourth-order valence-electron chi connectivity index (χ4n) is 7.04. The molecule has 1 saturated carbocycles. The maximum absolute atomic E-state index is 14.2. The van der Waals surface area contributed by atoms with Crippen LogP contribution < -0.4 is 10.1 Å². The number of hydrogen-bond donors (Lipinski definition) is 1. The zero-order chi connectivity index (χ0) is 29.1. The number of carbonyl (C=O) groups is 2. The Balaban J connectivity index is 1.74. The Bertz CT molecular complexity index is 1240. The standard InChI is InChI=1S/C32H39F3N2O3/c1-22(2)20-37(4)21-26-13-8-9-16-31(26,25-14-10-15-27(18-25)40-23(3)38)19-29(37)36-30(39)28(32(33,34)35)17-24-11-6-5-7-12-24/h5-7,10-12,14-15,17-18,22,26,29H,8-9,13,16,19-21H2,1-4H3/p+1/t26?,29-,31?,37+/m1/s1. The number of esters is 1. The van der Waals surface area contributed by atoms with Gasteiger partial charge in [0.1, 0.15) is 11.3 Å². The summed E-state index contributed by atoms with van der Waals surface area (Å²) in [4.78, 5) is 25.1. The maximum atomic E-state index is 14.2. The maximum Gasteiger partial charge on any atom is 0.421 e. The van der Waals surface area contributed by atoms with Gasteiger partial charge in [-0.15, -0.1) is 0 Å². The molecule has 40 heavy (non-hydrogen) atoms. The van der Waals surface area contributed by atoms with Crippen LogP contribution in [0.5, 0.6) is 5.75 Å². The lowest BCUT2D eigenvalue weighted by Gasteiger charge is -2.57. The van der Waals surface area contributed by atoms with Crippen molar-refractivity contribution in [1.29, 1.82) is 0 Å². The molecule has 2 unspecified atom stereocenters. The van der Waals surface area contributed by atoms with Crippen molar-refractivity contribution in [2.75, 3.05) is 20.1 Å². The first kappa shape index (κ1) is 29.8. The molecule has 1 heterocycles. The molecule has 0 spiro atoms. The van der Waals surface area contributed by atoms with E-state index in [2.05, 4.69) is 26.2 Å². The third-order valence-electron chi connectivity index (χ3n) is 8.57. The van der Waals surface area contributed by atoms with E-state index in [1.165, 1.54) is 6.92 Å². The van der Waals surface area contributed by atoms with Crippen LogP contribution in [0, 0.1) is 11.8 Å². The topological polar surface area (TPSA) is 55.4 Å². The van der Waals surface area contributed by atoms with E-state index in [1.54, 1.807) is 36.4 Å². The van der Waals surface area contributed by atoms with Crippen molar-refractivity contribution < 1.29 is 32.0 Å². The van der Waals surface area contributed by atoms with Crippen molar-refractivity contribution in [2.45, 2.75) is 70.6 Å². The smallest absolute Gasteiger partial charge is 0.421 e. The highest BCUT2D eigenvalue weighted by Gasteiger charge is 2.55. The molecular weight excluding hydrogens is 517 g/mol. The number of likely N-dealkylation sites (tertiary alicyclic amines) is 1. The van der Waals surface area contributed by atoms with E-state index in [4.69, 9.17) is 4.74 Å². The van der Waals surface area contributed by atoms with Crippen molar-refractivity contribution in [3.8, 4) is 5.75 Å². The molecule has 0 radical (unpaired) electrons. The summed E-state index contributed by atoms with van der Waals surface area (Å²) in [7, 11) is 2.06. The van der Waals surface area contributed by atoms with Crippen LogP contribution in [-0.2, 0) is 15.0 Å². The van der Waals surface area contributed by atoms with Crippen molar-refractivity contribution in [1.82, 2.24) is 5.32 Å². The van der Waals surface area contributed by atoms with Gasteiger partial charge in [0.25, 0.3) is 5.91 Å². The van der Waals surface area contributed by atoms with Gasteiger partial charge in [-0.1, -0.05) is 69.2 Å². The van der Waals surface area contributed by atoms with Crippen LogP contribution in [-0.4, -0.2) is 48.8 Å². The lowest BCUT2D eigenvalue weighted by molar-refractivity contribution is -0.948. The molecule has 0 aromatic heterocycles. The lowest BCUT2D eigenvalue weighted by Crippen LogP contribution is -2.70. The first-order valence-corrected chi connectivity index (χ1v) is 14.1. The van der Waals surface area contributed by atoms with Crippen LogP contribution >= 0.6 is 0 Å². The van der Waals surface area contributed by atoms with Gasteiger partial charge in [0.05, 0.1) is 20.1 Å². The Morgan fingerprint density at radius 1 is 1.12 bits per heavy atom. The second kappa shape index (κ2) is 11.8. The highest BCUT2D eigenvalue weighted by Crippen LogP contribution is 2.52. The van der Waals surface area contributed by atoms with E-state index >= 15 is 0 Å². The molecular formula is C32H40F3N2O3+. The summed E-state index contributed by atoms with van der Waals surface area (Å²) in [6.45, 7) is 7.03. The van der Waals surface area contributed by atoms with Crippen LogP contribution in [0.3, 0.4) is 0 Å². The summed E-state index contributed by atoms with van der Waals surface area (Å²) in [5.74, 6) is -0.482. The zero-order valence-corrected chi connectivity index (χ0v) is 23.8. The molecule has 2 aromatic rings. The molecule has 1 amide bonds. The number of carbonyl (C=O) groups excluding carboxylic acids is 2. The number of halogens is 3. The average molecular weight is 558 g/mol. The summed E-state index contributed by atoms with van der Waals surface area (Å²) in [6, 6.07) is 15.6. The number of nitrogens with zero attached hydrogens (tertiary/aromatic N) is 1. The number of amides is 1. The third-order valence-corrected chi connectivity index (χ3v) is 8.57. The minimum Gasteiger partial charge on any atom is -0.427 e. The van der Waals surface area contributed by atoms with Crippen molar-refractivity contribution in [3.05, 3.63) is 71.3 Å². The molecule has 1 aliphatic heterocycles. The summed E-state index contributed by atoms with van der Waals surface area (Å²) in [5, 5.41) is 2.88. The van der Waals surface area contributed by atoms with Crippen LogP contribution in [0.1, 0.15) is 64.0 Å². The van der Waals surface area contributed by atoms with Gasteiger partial charge in [0.2, 0.25) is 0 Å². The highest BCUT2D eigenvalue weighted by molar-refractivity contribution is 5.99. The Morgan fingerprint density at radius 2 is 1.85 bits per heavy atom. The van der Waals surface area contributed by atoms with Crippen molar-refractivity contribution in [2.24, 2.45) is 11.8 Å². The SMILES string of the molecule is CC(=O)Oc1cccc(C23CCCCC2C[N@+](C)(CC(C)C)[C@@H](NC(=O)C(=Cc2ccccc2)C(F)(F)F)C3)c1. The number of piperidine rings is 1. The molecule has 0 bridgehead atoms. The van der Waals surface area contributed by atoms with Crippen LogP contribution in [0.25, 0.3) is 6.08 Å². The van der Waals surface area contributed by atoms with E-state index in [1.807, 2.05) is 18.2 Å². The molecule has 8 heteroatoms. The van der Waals surface area contributed by atoms with E-state index in [0.29, 0.717) is 22.2 Å². The predicted octanol–water partition coefficient (Wildman–Crippen LogP) is 6.63. The summed E-state index contributed by atoms with van der Waals surface area (Å²) in [5.41, 5.74) is -0.213.